The number of benzene rings is 1. The van der Waals surface area contributed by atoms with Gasteiger partial charge in [0, 0.05) is 12.7 Å². The molecule has 66 valence electrons. The van der Waals surface area contributed by atoms with Crippen molar-refractivity contribution in [2.75, 3.05) is 7.11 Å². The SMILES string of the molecule is COc1ccc(I)c(I)c1CO. The highest BCUT2D eigenvalue weighted by molar-refractivity contribution is 14.1. The van der Waals surface area contributed by atoms with E-state index in [-0.39, 0.29) is 6.61 Å². The van der Waals surface area contributed by atoms with E-state index in [2.05, 4.69) is 45.2 Å². The Hall–Kier alpha value is 0.440. The molecule has 0 spiro atoms. The molecule has 0 unspecified atom stereocenters. The fourth-order valence-corrected chi connectivity index (χ4v) is 2.03. The van der Waals surface area contributed by atoms with Crippen molar-refractivity contribution in [3.63, 3.8) is 0 Å². The zero-order chi connectivity index (χ0) is 9.14. The first-order chi connectivity index (χ1) is 5.70. The van der Waals surface area contributed by atoms with E-state index >= 15 is 0 Å². The van der Waals surface area contributed by atoms with Gasteiger partial charge in [-0.1, -0.05) is 0 Å². The number of aliphatic hydroxyl groups is 1. The Kier molecular flexibility index (Phi) is 4.04. The second-order valence-corrected chi connectivity index (χ2v) is 4.44. The molecule has 0 fully saturated rings. The zero-order valence-electron chi connectivity index (χ0n) is 6.47. The summed E-state index contributed by atoms with van der Waals surface area (Å²) in [6.45, 7) is 0.0261. The van der Waals surface area contributed by atoms with E-state index in [0.717, 1.165) is 18.5 Å². The third kappa shape index (κ3) is 2.02. The van der Waals surface area contributed by atoms with Crippen molar-refractivity contribution < 1.29 is 9.84 Å². The van der Waals surface area contributed by atoms with Crippen molar-refractivity contribution in [3.8, 4) is 5.75 Å². The summed E-state index contributed by atoms with van der Waals surface area (Å²) in [6.07, 6.45) is 0. The van der Waals surface area contributed by atoms with Crippen LogP contribution in [0.2, 0.25) is 0 Å². The van der Waals surface area contributed by atoms with Crippen molar-refractivity contribution in [2.24, 2.45) is 0 Å². The van der Waals surface area contributed by atoms with E-state index in [4.69, 9.17) is 9.84 Å². The normalized spacial score (nSPS) is 10.0. The van der Waals surface area contributed by atoms with Gasteiger partial charge in [0.1, 0.15) is 5.75 Å². The molecule has 0 saturated heterocycles. The minimum absolute atomic E-state index is 0.0261. The summed E-state index contributed by atoms with van der Waals surface area (Å²) in [4.78, 5) is 0. The maximum atomic E-state index is 9.07. The molecule has 0 heterocycles. The molecule has 0 bridgehead atoms. The smallest absolute Gasteiger partial charge is 0.125 e. The average molecular weight is 390 g/mol. The van der Waals surface area contributed by atoms with Crippen LogP contribution < -0.4 is 4.74 Å². The fraction of sp³-hybridized carbons (Fsp3) is 0.250. The molecule has 12 heavy (non-hydrogen) atoms. The number of hydrogen-bond donors (Lipinski definition) is 1. The molecule has 4 heteroatoms. The molecule has 0 aliphatic heterocycles. The number of aliphatic hydroxyl groups excluding tert-OH is 1. The van der Waals surface area contributed by atoms with Crippen LogP contribution >= 0.6 is 45.2 Å². The summed E-state index contributed by atoms with van der Waals surface area (Å²) in [6, 6.07) is 3.84. The van der Waals surface area contributed by atoms with E-state index in [1.807, 2.05) is 12.1 Å². The Bertz CT molecular complexity index is 287. The highest BCUT2D eigenvalue weighted by Crippen LogP contribution is 2.27. The standard InChI is InChI=1S/C8H8I2O2/c1-12-7-3-2-6(9)8(10)5(7)4-11/h2-3,11H,4H2,1H3. The van der Waals surface area contributed by atoms with Crippen LogP contribution in [-0.4, -0.2) is 12.2 Å². The van der Waals surface area contributed by atoms with Gasteiger partial charge in [0.05, 0.1) is 13.7 Å². The van der Waals surface area contributed by atoms with Crippen molar-refractivity contribution >= 4 is 45.2 Å². The average Bonchev–Trinajstić information content (AvgIpc) is 2.09. The third-order valence-corrected chi connectivity index (χ3v) is 4.69. The lowest BCUT2D eigenvalue weighted by Gasteiger charge is -2.08. The predicted molar refractivity (Wildman–Crippen MR) is 64.4 cm³/mol. The number of methoxy groups -OCH3 is 1. The van der Waals surface area contributed by atoms with Crippen LogP contribution in [0.15, 0.2) is 12.1 Å². The molecule has 1 aromatic carbocycles. The molecule has 0 aromatic heterocycles. The number of halogens is 2. The van der Waals surface area contributed by atoms with Gasteiger partial charge in [-0.3, -0.25) is 0 Å². The van der Waals surface area contributed by atoms with Crippen molar-refractivity contribution in [2.45, 2.75) is 6.61 Å². The molecule has 0 saturated carbocycles. The van der Waals surface area contributed by atoms with Crippen LogP contribution in [0.1, 0.15) is 5.56 Å². The Labute approximate surface area is 98.6 Å². The van der Waals surface area contributed by atoms with Crippen LogP contribution in [-0.2, 0) is 6.61 Å². The summed E-state index contributed by atoms with van der Waals surface area (Å²) in [5, 5.41) is 9.07. The quantitative estimate of drug-likeness (QED) is 0.787. The van der Waals surface area contributed by atoms with Crippen molar-refractivity contribution in [1.82, 2.24) is 0 Å². The fourth-order valence-electron chi connectivity index (χ4n) is 0.913. The third-order valence-electron chi connectivity index (χ3n) is 1.53. The molecule has 0 atom stereocenters. The second-order valence-electron chi connectivity index (χ2n) is 2.20. The maximum absolute atomic E-state index is 9.07. The predicted octanol–water partition coefficient (Wildman–Crippen LogP) is 2.40. The van der Waals surface area contributed by atoms with E-state index in [1.54, 1.807) is 7.11 Å². The Morgan fingerprint density at radius 3 is 2.58 bits per heavy atom. The van der Waals surface area contributed by atoms with E-state index in [1.165, 1.54) is 0 Å². The molecule has 0 radical (unpaired) electrons. The topological polar surface area (TPSA) is 29.5 Å². The highest BCUT2D eigenvalue weighted by atomic mass is 127. The minimum Gasteiger partial charge on any atom is -0.496 e. The first kappa shape index (κ1) is 10.5. The Morgan fingerprint density at radius 2 is 2.08 bits per heavy atom. The Morgan fingerprint density at radius 1 is 1.42 bits per heavy atom. The number of hydrogen-bond acceptors (Lipinski definition) is 2. The van der Waals surface area contributed by atoms with Crippen molar-refractivity contribution in [1.29, 1.82) is 0 Å². The first-order valence-corrected chi connectivity index (χ1v) is 5.48. The van der Waals surface area contributed by atoms with Gasteiger partial charge in [-0.15, -0.1) is 0 Å². The lowest BCUT2D eigenvalue weighted by atomic mass is 10.2. The van der Waals surface area contributed by atoms with E-state index in [9.17, 15) is 0 Å². The van der Waals surface area contributed by atoms with Gasteiger partial charge in [-0.05, 0) is 57.3 Å². The summed E-state index contributed by atoms with van der Waals surface area (Å²) in [7, 11) is 1.61. The molecule has 1 N–H and O–H groups in total. The summed E-state index contributed by atoms with van der Waals surface area (Å²) in [5.41, 5.74) is 0.866. The van der Waals surface area contributed by atoms with Crippen LogP contribution in [0.3, 0.4) is 0 Å². The summed E-state index contributed by atoms with van der Waals surface area (Å²) < 4.78 is 7.31. The molecule has 0 amide bonds. The number of ether oxygens (including phenoxy) is 1. The lowest BCUT2D eigenvalue weighted by molar-refractivity contribution is 0.272. The van der Waals surface area contributed by atoms with E-state index < -0.39 is 0 Å². The molecular formula is C8H8I2O2. The summed E-state index contributed by atoms with van der Waals surface area (Å²) in [5.74, 6) is 0.752. The second kappa shape index (κ2) is 4.61. The maximum Gasteiger partial charge on any atom is 0.125 e. The molecule has 1 aromatic rings. The monoisotopic (exact) mass is 390 g/mol. The highest BCUT2D eigenvalue weighted by Gasteiger charge is 2.08. The molecule has 1 rings (SSSR count). The van der Waals surface area contributed by atoms with Crippen LogP contribution in [0.25, 0.3) is 0 Å². The van der Waals surface area contributed by atoms with Gasteiger partial charge < -0.3 is 9.84 Å². The van der Waals surface area contributed by atoms with Gasteiger partial charge in [-0.2, -0.15) is 0 Å². The first-order valence-electron chi connectivity index (χ1n) is 3.32. The van der Waals surface area contributed by atoms with Crippen LogP contribution in [0, 0.1) is 7.14 Å². The summed E-state index contributed by atoms with van der Waals surface area (Å²) >= 11 is 4.44. The lowest BCUT2D eigenvalue weighted by Crippen LogP contribution is -1.96. The van der Waals surface area contributed by atoms with Gasteiger partial charge >= 0.3 is 0 Å². The van der Waals surface area contributed by atoms with Crippen LogP contribution in [0.4, 0.5) is 0 Å². The van der Waals surface area contributed by atoms with Gasteiger partial charge in [0.25, 0.3) is 0 Å². The van der Waals surface area contributed by atoms with Gasteiger partial charge in [0.15, 0.2) is 0 Å². The van der Waals surface area contributed by atoms with Gasteiger partial charge in [-0.25, -0.2) is 0 Å². The number of rotatable bonds is 2. The molecular weight excluding hydrogens is 382 g/mol. The van der Waals surface area contributed by atoms with E-state index in [0.29, 0.717) is 0 Å². The minimum atomic E-state index is 0.0261. The van der Waals surface area contributed by atoms with Crippen molar-refractivity contribution in [3.05, 3.63) is 24.8 Å². The largest absolute Gasteiger partial charge is 0.496 e. The molecule has 0 aliphatic carbocycles. The molecule has 0 aliphatic rings. The molecule has 2 nitrogen and oxygen atoms in total. The van der Waals surface area contributed by atoms with Gasteiger partial charge in [0.2, 0.25) is 0 Å². The zero-order valence-corrected chi connectivity index (χ0v) is 10.8. The Balaban J connectivity index is 3.25. The van der Waals surface area contributed by atoms with Crippen LogP contribution in [0.5, 0.6) is 5.75 Å².